The van der Waals surface area contributed by atoms with Crippen LogP contribution in [0.15, 0.2) is 60.8 Å². The number of rotatable bonds is 8. The summed E-state index contributed by atoms with van der Waals surface area (Å²) in [6, 6.07) is 12.4. The molecule has 206 valence electrons. The molecule has 0 aliphatic rings. The number of carbonyl (C=O) groups is 1. The van der Waals surface area contributed by atoms with Gasteiger partial charge >= 0.3 is 6.18 Å². The van der Waals surface area contributed by atoms with Crippen molar-refractivity contribution in [2.45, 2.75) is 25.6 Å². The third-order valence-corrected chi connectivity index (χ3v) is 6.62. The second-order valence-electron chi connectivity index (χ2n) is 9.08. The number of likely N-dealkylation sites (N-methyl/N-ethyl adjacent to an activating group) is 1. The molecule has 6 nitrogen and oxygen atoms in total. The minimum Gasteiger partial charge on any atom is -0.381 e. The fourth-order valence-corrected chi connectivity index (χ4v) is 4.44. The Kier molecular flexibility index (Phi) is 7.85. The van der Waals surface area contributed by atoms with Gasteiger partial charge in [-0.15, -0.1) is 0 Å². The third kappa shape index (κ3) is 5.69. The molecule has 4 rings (SSSR count). The van der Waals surface area contributed by atoms with Gasteiger partial charge in [-0.25, -0.2) is 13.5 Å². The third-order valence-electron chi connectivity index (χ3n) is 6.30. The first-order valence-corrected chi connectivity index (χ1v) is 12.2. The molecular formula is C27H24ClF5N4O2. The van der Waals surface area contributed by atoms with E-state index in [1.54, 1.807) is 19.1 Å². The molecule has 0 fully saturated rings. The van der Waals surface area contributed by atoms with Crippen molar-refractivity contribution < 1.29 is 31.9 Å². The van der Waals surface area contributed by atoms with E-state index in [4.69, 9.17) is 11.6 Å². The smallest absolute Gasteiger partial charge is 0.381 e. The number of anilines is 1. The van der Waals surface area contributed by atoms with E-state index in [1.165, 1.54) is 54.2 Å². The molecule has 0 saturated heterocycles. The van der Waals surface area contributed by atoms with Crippen LogP contribution < -0.4 is 5.32 Å². The molecule has 0 bridgehead atoms. The summed E-state index contributed by atoms with van der Waals surface area (Å²) in [6.45, 7) is 0.697. The van der Waals surface area contributed by atoms with Gasteiger partial charge in [0.25, 0.3) is 5.91 Å². The van der Waals surface area contributed by atoms with E-state index in [2.05, 4.69) is 10.4 Å². The quantitative estimate of drug-likeness (QED) is 0.252. The van der Waals surface area contributed by atoms with Crippen LogP contribution in [-0.4, -0.2) is 57.1 Å². The summed E-state index contributed by atoms with van der Waals surface area (Å²) in [5.41, 5.74) is -1.96. The highest BCUT2D eigenvalue weighted by Crippen LogP contribution is 2.34. The van der Waals surface area contributed by atoms with E-state index in [9.17, 15) is 31.9 Å². The zero-order valence-corrected chi connectivity index (χ0v) is 21.6. The van der Waals surface area contributed by atoms with Crippen molar-refractivity contribution in [2.75, 3.05) is 25.0 Å². The van der Waals surface area contributed by atoms with Crippen LogP contribution in [0, 0.1) is 18.6 Å². The number of alkyl halides is 3. The molecule has 39 heavy (non-hydrogen) atoms. The number of halogens is 6. The van der Waals surface area contributed by atoms with Gasteiger partial charge in [-0.3, -0.25) is 4.79 Å². The number of amides is 1. The molecule has 0 saturated carbocycles. The van der Waals surface area contributed by atoms with Crippen LogP contribution in [0.25, 0.3) is 16.6 Å². The van der Waals surface area contributed by atoms with Gasteiger partial charge in [0.1, 0.15) is 11.6 Å². The summed E-state index contributed by atoms with van der Waals surface area (Å²) in [5, 5.41) is 18.0. The van der Waals surface area contributed by atoms with Crippen LogP contribution in [0.4, 0.5) is 27.6 Å². The lowest BCUT2D eigenvalue weighted by Crippen LogP contribution is -2.58. The first-order chi connectivity index (χ1) is 18.3. The monoisotopic (exact) mass is 566 g/mol. The van der Waals surface area contributed by atoms with E-state index in [1.807, 2.05) is 0 Å². The highest BCUT2D eigenvalue weighted by molar-refractivity contribution is 6.33. The fourth-order valence-electron chi connectivity index (χ4n) is 4.19. The van der Waals surface area contributed by atoms with Crippen molar-refractivity contribution >= 4 is 34.1 Å². The standard InChI is InChI=1S/C27H24ClF5N4O2/c1-3-36(25(38)24-20(28)5-4-6-21(24)30)15-26(39,27(31,32)33)14-34-22-11-16(2)12-23-19(22)13-35-37(23)18-9-7-17(29)8-10-18/h4-13,34,39H,3,14-15H2,1-2H3. The SMILES string of the molecule is CCN(CC(O)(CNc1cc(C)cc2c1cnn2-c1ccc(F)cc1)C(F)(F)F)C(=O)c1c(F)cccc1Cl. The van der Waals surface area contributed by atoms with Crippen molar-refractivity contribution in [1.82, 2.24) is 14.7 Å². The maximum atomic E-state index is 14.3. The first-order valence-electron chi connectivity index (χ1n) is 11.8. The summed E-state index contributed by atoms with van der Waals surface area (Å²) in [4.78, 5) is 13.6. The van der Waals surface area contributed by atoms with Crippen LogP contribution >= 0.6 is 11.6 Å². The van der Waals surface area contributed by atoms with Crippen molar-refractivity contribution in [3.05, 3.63) is 88.6 Å². The second kappa shape index (κ2) is 10.8. The Balaban J connectivity index is 1.64. The van der Waals surface area contributed by atoms with Gasteiger partial charge in [-0.05, 0) is 67.9 Å². The van der Waals surface area contributed by atoms with Gasteiger partial charge in [-0.1, -0.05) is 17.7 Å². The van der Waals surface area contributed by atoms with Crippen molar-refractivity contribution in [3.8, 4) is 5.69 Å². The molecule has 3 aromatic carbocycles. The number of aromatic nitrogens is 2. The fraction of sp³-hybridized carbons (Fsp3) is 0.259. The zero-order chi connectivity index (χ0) is 28.5. The molecular weight excluding hydrogens is 543 g/mol. The van der Waals surface area contributed by atoms with Gasteiger partial charge in [0.15, 0.2) is 5.60 Å². The molecule has 2 N–H and O–H groups in total. The number of hydrogen-bond acceptors (Lipinski definition) is 4. The second-order valence-corrected chi connectivity index (χ2v) is 9.48. The molecule has 1 atom stereocenters. The van der Waals surface area contributed by atoms with E-state index in [0.29, 0.717) is 27.1 Å². The first kappa shape index (κ1) is 28.3. The molecule has 0 aliphatic carbocycles. The number of fused-ring (bicyclic) bond motifs is 1. The van der Waals surface area contributed by atoms with Gasteiger partial charge in [-0.2, -0.15) is 18.3 Å². The van der Waals surface area contributed by atoms with E-state index in [-0.39, 0.29) is 17.3 Å². The van der Waals surface area contributed by atoms with E-state index < -0.39 is 48.0 Å². The van der Waals surface area contributed by atoms with Crippen molar-refractivity contribution in [3.63, 3.8) is 0 Å². The Morgan fingerprint density at radius 3 is 2.44 bits per heavy atom. The summed E-state index contributed by atoms with van der Waals surface area (Å²) in [5.74, 6) is -2.50. The van der Waals surface area contributed by atoms with Gasteiger partial charge in [0.05, 0.1) is 41.1 Å². The van der Waals surface area contributed by atoms with Crippen LogP contribution in [0.3, 0.4) is 0 Å². The molecule has 1 heterocycles. The summed E-state index contributed by atoms with van der Waals surface area (Å²) in [7, 11) is 0. The highest BCUT2D eigenvalue weighted by Gasteiger charge is 2.55. The summed E-state index contributed by atoms with van der Waals surface area (Å²) < 4.78 is 71.8. The lowest BCUT2D eigenvalue weighted by molar-refractivity contribution is -0.257. The number of aliphatic hydroxyl groups is 1. The van der Waals surface area contributed by atoms with Gasteiger partial charge in [0, 0.05) is 17.6 Å². The maximum absolute atomic E-state index is 14.3. The normalized spacial score (nSPS) is 13.4. The predicted molar refractivity (Wildman–Crippen MR) is 138 cm³/mol. The van der Waals surface area contributed by atoms with E-state index in [0.717, 1.165) is 6.07 Å². The molecule has 1 aromatic heterocycles. The van der Waals surface area contributed by atoms with Crippen LogP contribution in [0.5, 0.6) is 0 Å². The number of benzene rings is 3. The average Bonchev–Trinajstić information content (AvgIpc) is 3.29. The largest absolute Gasteiger partial charge is 0.420 e. The Morgan fingerprint density at radius 1 is 1.13 bits per heavy atom. The minimum atomic E-state index is -5.16. The highest BCUT2D eigenvalue weighted by atomic mass is 35.5. The van der Waals surface area contributed by atoms with E-state index >= 15 is 0 Å². The molecule has 1 amide bonds. The minimum absolute atomic E-state index is 0.249. The molecule has 4 aromatic rings. The predicted octanol–water partition coefficient (Wildman–Crippen LogP) is 6.13. The van der Waals surface area contributed by atoms with Gasteiger partial charge < -0.3 is 15.3 Å². The maximum Gasteiger partial charge on any atom is 0.420 e. The van der Waals surface area contributed by atoms with Crippen LogP contribution in [0.2, 0.25) is 5.02 Å². The zero-order valence-electron chi connectivity index (χ0n) is 20.9. The molecule has 0 spiro atoms. The Labute approximate surface area is 225 Å². The van der Waals surface area contributed by atoms with Crippen LogP contribution in [0.1, 0.15) is 22.8 Å². The number of nitrogens with one attached hydrogen (secondary N) is 1. The number of aryl methyl sites for hydroxylation is 1. The topological polar surface area (TPSA) is 70.4 Å². The number of nitrogens with zero attached hydrogens (tertiary/aromatic N) is 3. The summed E-state index contributed by atoms with van der Waals surface area (Å²) in [6.07, 6.45) is -3.72. The molecule has 1 unspecified atom stereocenters. The van der Waals surface area contributed by atoms with Gasteiger partial charge in [0.2, 0.25) is 0 Å². The molecule has 0 aliphatic heterocycles. The van der Waals surface area contributed by atoms with Crippen molar-refractivity contribution in [2.24, 2.45) is 0 Å². The lowest BCUT2D eigenvalue weighted by Gasteiger charge is -2.36. The molecule has 0 radical (unpaired) electrons. The number of carbonyl (C=O) groups excluding carboxylic acids is 1. The summed E-state index contributed by atoms with van der Waals surface area (Å²) >= 11 is 5.94. The average molecular weight is 567 g/mol. The number of hydrogen-bond donors (Lipinski definition) is 2. The Bertz CT molecular complexity index is 1490. The van der Waals surface area contributed by atoms with Crippen LogP contribution in [-0.2, 0) is 0 Å². The van der Waals surface area contributed by atoms with Crippen molar-refractivity contribution in [1.29, 1.82) is 0 Å². The molecule has 12 heteroatoms. The Morgan fingerprint density at radius 2 is 1.82 bits per heavy atom. The Hall–Kier alpha value is -3.70. The lowest BCUT2D eigenvalue weighted by atomic mass is 10.0.